The summed E-state index contributed by atoms with van der Waals surface area (Å²) >= 11 is 6.06. The van der Waals surface area contributed by atoms with Crippen LogP contribution >= 0.6 is 11.6 Å². The molecule has 2 N–H and O–H groups in total. The summed E-state index contributed by atoms with van der Waals surface area (Å²) in [5.74, 6) is 0. The van der Waals surface area contributed by atoms with Crippen molar-refractivity contribution in [3.05, 3.63) is 16.9 Å². The molecule has 0 bridgehead atoms. The summed E-state index contributed by atoms with van der Waals surface area (Å²) in [4.78, 5) is 0. The lowest BCUT2D eigenvalue weighted by Crippen LogP contribution is -2.39. The quantitative estimate of drug-likeness (QED) is 0.874. The minimum Gasteiger partial charge on any atom is -0.385 e. The van der Waals surface area contributed by atoms with Gasteiger partial charge in [-0.15, -0.1) is 0 Å². The van der Waals surface area contributed by atoms with Gasteiger partial charge in [0.05, 0.1) is 16.9 Å². The number of β-amino-alcohol motifs (C(OH)–C–C–N with tert-alkyl or cyclic N) is 1. The number of aliphatic hydroxyl groups is 1. The smallest absolute Gasteiger partial charge is 0.110 e. The molecule has 0 radical (unpaired) electrons. The van der Waals surface area contributed by atoms with Crippen LogP contribution in [0.25, 0.3) is 0 Å². The van der Waals surface area contributed by atoms with Crippen molar-refractivity contribution in [2.75, 3.05) is 6.54 Å². The normalized spacial score (nSPS) is 14.4. The van der Waals surface area contributed by atoms with Crippen LogP contribution in [0.15, 0.2) is 6.20 Å². The summed E-state index contributed by atoms with van der Waals surface area (Å²) < 4.78 is 1.76. The topological polar surface area (TPSA) is 50.1 Å². The first kappa shape index (κ1) is 14.5. The first-order chi connectivity index (χ1) is 7.72. The molecule has 0 amide bonds. The minimum absolute atomic E-state index is 0.0316. The number of hydrogen-bond acceptors (Lipinski definition) is 3. The van der Waals surface area contributed by atoms with E-state index < -0.39 is 6.10 Å². The van der Waals surface area contributed by atoms with Crippen molar-refractivity contribution >= 4 is 11.6 Å². The van der Waals surface area contributed by atoms with E-state index in [-0.39, 0.29) is 11.6 Å². The van der Waals surface area contributed by atoms with Gasteiger partial charge >= 0.3 is 0 Å². The molecule has 0 aliphatic heterocycles. The summed E-state index contributed by atoms with van der Waals surface area (Å²) in [6, 6.07) is 0.182. The maximum atomic E-state index is 10.2. The molecule has 1 aromatic rings. The molecule has 0 aliphatic carbocycles. The van der Waals surface area contributed by atoms with Gasteiger partial charge in [-0.2, -0.15) is 5.10 Å². The van der Waals surface area contributed by atoms with Crippen molar-refractivity contribution in [1.82, 2.24) is 15.1 Å². The van der Waals surface area contributed by atoms with Crippen molar-refractivity contribution in [3.63, 3.8) is 0 Å². The van der Waals surface area contributed by atoms with Gasteiger partial charge in [0.1, 0.15) is 6.10 Å². The molecule has 0 fully saturated rings. The summed E-state index contributed by atoms with van der Waals surface area (Å²) in [7, 11) is 0. The van der Waals surface area contributed by atoms with E-state index in [1.165, 1.54) is 0 Å². The second kappa shape index (κ2) is 5.38. The average molecular weight is 260 g/mol. The number of hydrogen-bond donors (Lipinski definition) is 2. The molecular formula is C12H22ClN3O. The van der Waals surface area contributed by atoms with Crippen LogP contribution in [0, 0.1) is 0 Å². The Morgan fingerprint density at radius 2 is 2.06 bits per heavy atom. The molecule has 1 atom stereocenters. The molecule has 5 heteroatoms. The predicted octanol–water partition coefficient (Wildman–Crippen LogP) is 2.54. The fraction of sp³-hybridized carbons (Fsp3) is 0.750. The average Bonchev–Trinajstić information content (AvgIpc) is 2.55. The van der Waals surface area contributed by atoms with Gasteiger partial charge in [-0.3, -0.25) is 4.68 Å². The van der Waals surface area contributed by atoms with Gasteiger partial charge in [-0.25, -0.2) is 0 Å². The molecule has 0 saturated carbocycles. The summed E-state index contributed by atoms with van der Waals surface area (Å²) in [6.07, 6.45) is 0.934. The number of aliphatic hydroxyl groups excluding tert-OH is 1. The Balaban J connectivity index is 2.81. The van der Waals surface area contributed by atoms with Crippen LogP contribution in [-0.4, -0.2) is 27.0 Å². The molecule has 1 rings (SSSR count). The van der Waals surface area contributed by atoms with Gasteiger partial charge in [0, 0.05) is 18.1 Å². The zero-order chi connectivity index (χ0) is 13.2. The van der Waals surface area contributed by atoms with Gasteiger partial charge < -0.3 is 10.4 Å². The van der Waals surface area contributed by atoms with E-state index in [0.717, 1.165) is 0 Å². The molecule has 0 aromatic carbocycles. The van der Waals surface area contributed by atoms with Gasteiger partial charge in [0.25, 0.3) is 0 Å². The highest BCUT2D eigenvalue weighted by Crippen LogP contribution is 2.25. The Morgan fingerprint density at radius 3 is 2.53 bits per heavy atom. The highest BCUT2D eigenvalue weighted by atomic mass is 35.5. The number of halogens is 1. The van der Waals surface area contributed by atoms with Gasteiger partial charge in [-0.1, -0.05) is 11.6 Å². The zero-order valence-electron chi connectivity index (χ0n) is 11.2. The van der Waals surface area contributed by atoms with Gasteiger partial charge in [-0.05, 0) is 34.6 Å². The van der Waals surface area contributed by atoms with Crippen molar-refractivity contribution in [3.8, 4) is 0 Å². The first-order valence-electron chi connectivity index (χ1n) is 5.88. The monoisotopic (exact) mass is 259 g/mol. The van der Waals surface area contributed by atoms with Crippen LogP contribution in [0.1, 0.15) is 52.5 Å². The molecule has 0 spiro atoms. The zero-order valence-corrected chi connectivity index (χ0v) is 11.9. The number of aromatic nitrogens is 2. The van der Waals surface area contributed by atoms with E-state index in [2.05, 4.69) is 31.2 Å². The highest BCUT2D eigenvalue weighted by molar-refractivity contribution is 6.31. The molecule has 1 unspecified atom stereocenters. The third-order valence-electron chi connectivity index (χ3n) is 2.42. The highest BCUT2D eigenvalue weighted by Gasteiger charge is 2.21. The van der Waals surface area contributed by atoms with Crippen LogP contribution in [-0.2, 0) is 0 Å². The second-order valence-electron chi connectivity index (χ2n) is 5.56. The number of rotatable bonds is 4. The molecular weight excluding hydrogens is 238 g/mol. The van der Waals surface area contributed by atoms with Crippen LogP contribution in [0.4, 0.5) is 0 Å². The third kappa shape index (κ3) is 3.98. The van der Waals surface area contributed by atoms with Gasteiger partial charge in [0.2, 0.25) is 0 Å². The van der Waals surface area contributed by atoms with E-state index in [1.54, 1.807) is 10.9 Å². The lowest BCUT2D eigenvalue weighted by Gasteiger charge is -2.24. The first-order valence-corrected chi connectivity index (χ1v) is 6.26. The van der Waals surface area contributed by atoms with E-state index >= 15 is 0 Å². The van der Waals surface area contributed by atoms with Crippen LogP contribution in [0.5, 0.6) is 0 Å². The predicted molar refractivity (Wildman–Crippen MR) is 70.3 cm³/mol. The molecule has 17 heavy (non-hydrogen) atoms. The Hall–Kier alpha value is -0.580. The van der Waals surface area contributed by atoms with Crippen LogP contribution in [0.2, 0.25) is 5.02 Å². The van der Waals surface area contributed by atoms with E-state index in [9.17, 15) is 5.11 Å². The lowest BCUT2D eigenvalue weighted by molar-refractivity contribution is 0.151. The number of nitrogens with one attached hydrogen (secondary N) is 1. The number of nitrogens with zero attached hydrogens (tertiary/aromatic N) is 2. The van der Waals surface area contributed by atoms with Crippen molar-refractivity contribution < 1.29 is 5.11 Å². The van der Waals surface area contributed by atoms with E-state index in [0.29, 0.717) is 17.3 Å². The molecule has 0 aliphatic rings. The van der Waals surface area contributed by atoms with E-state index in [4.69, 9.17) is 11.6 Å². The van der Waals surface area contributed by atoms with Crippen molar-refractivity contribution in [2.45, 2.75) is 52.3 Å². The molecule has 0 saturated heterocycles. The Bertz CT molecular complexity index is 368. The van der Waals surface area contributed by atoms with E-state index in [1.807, 2.05) is 13.8 Å². The second-order valence-corrected chi connectivity index (χ2v) is 5.97. The third-order valence-corrected chi connectivity index (χ3v) is 2.71. The molecule has 98 valence electrons. The Morgan fingerprint density at radius 1 is 1.47 bits per heavy atom. The maximum Gasteiger partial charge on any atom is 0.110 e. The van der Waals surface area contributed by atoms with Crippen molar-refractivity contribution in [1.29, 1.82) is 0 Å². The Labute approximate surface area is 108 Å². The summed E-state index contributed by atoms with van der Waals surface area (Å²) in [5.41, 5.74) is 0.647. The fourth-order valence-electron chi connectivity index (χ4n) is 1.57. The minimum atomic E-state index is -0.647. The van der Waals surface area contributed by atoms with Crippen LogP contribution in [0.3, 0.4) is 0 Å². The van der Waals surface area contributed by atoms with Gasteiger partial charge in [0.15, 0.2) is 0 Å². The summed E-state index contributed by atoms with van der Waals surface area (Å²) in [6.45, 7) is 10.7. The SMILES string of the molecule is CC(C)n1ncc(Cl)c1C(O)CNC(C)(C)C. The molecule has 1 heterocycles. The summed E-state index contributed by atoms with van der Waals surface area (Å²) in [5, 5.41) is 18.1. The Kier molecular flexibility index (Phi) is 4.58. The molecule has 1 aromatic heterocycles. The molecule has 4 nitrogen and oxygen atoms in total. The largest absolute Gasteiger partial charge is 0.385 e. The van der Waals surface area contributed by atoms with Crippen LogP contribution < -0.4 is 5.32 Å². The lowest BCUT2D eigenvalue weighted by atomic mass is 10.1. The fourth-order valence-corrected chi connectivity index (χ4v) is 1.83. The van der Waals surface area contributed by atoms with Crippen molar-refractivity contribution in [2.24, 2.45) is 0 Å². The maximum absolute atomic E-state index is 10.2. The standard InChI is InChI=1S/C12H22ClN3O/c1-8(2)16-11(9(13)6-15-16)10(17)7-14-12(3,4)5/h6,8,10,14,17H,7H2,1-5H3.